The molecule has 0 heterocycles. The minimum Gasteiger partial charge on any atom is -0.481 e. The van der Waals surface area contributed by atoms with Crippen LogP contribution in [0.2, 0.25) is 0 Å². The lowest BCUT2D eigenvalue weighted by atomic mass is 9.95. The van der Waals surface area contributed by atoms with E-state index < -0.39 is 42.3 Å². The maximum atomic E-state index is 11.9. The predicted molar refractivity (Wildman–Crippen MR) is 106 cm³/mol. The van der Waals surface area contributed by atoms with Crippen molar-refractivity contribution in [2.75, 3.05) is 6.61 Å². The number of carbonyl (C=O) groups is 4. The van der Waals surface area contributed by atoms with E-state index in [1.54, 1.807) is 0 Å². The molecular weight excluding hydrogens is 380 g/mol. The maximum Gasteiger partial charge on any atom is 0.349 e. The van der Waals surface area contributed by atoms with Crippen molar-refractivity contribution in [1.82, 2.24) is 0 Å². The molecule has 0 amide bonds. The van der Waals surface area contributed by atoms with Crippen LogP contribution in [0, 0.1) is 0 Å². The zero-order valence-corrected chi connectivity index (χ0v) is 17.7. The normalized spacial score (nSPS) is 12.8. The van der Waals surface area contributed by atoms with Crippen LogP contribution in [-0.2, 0) is 28.7 Å². The maximum absolute atomic E-state index is 11.9. The second-order valence-electron chi connectivity index (χ2n) is 7.40. The van der Waals surface area contributed by atoms with Crippen molar-refractivity contribution in [3.05, 3.63) is 0 Å². The van der Waals surface area contributed by atoms with Crippen molar-refractivity contribution >= 4 is 23.9 Å². The van der Waals surface area contributed by atoms with Crippen LogP contribution in [0.5, 0.6) is 0 Å². The summed E-state index contributed by atoms with van der Waals surface area (Å²) in [5.74, 6) is -5.07. The topological polar surface area (TPSA) is 127 Å². The van der Waals surface area contributed by atoms with Crippen molar-refractivity contribution in [2.45, 2.75) is 103 Å². The lowest BCUT2D eigenvalue weighted by Crippen LogP contribution is -2.47. The quantitative estimate of drug-likeness (QED) is 0.253. The zero-order valence-electron chi connectivity index (χ0n) is 17.7. The van der Waals surface area contributed by atoms with E-state index in [0.29, 0.717) is 6.42 Å². The molecule has 0 aliphatic rings. The van der Waals surface area contributed by atoms with Crippen LogP contribution in [0.4, 0.5) is 0 Å². The molecule has 1 atom stereocenters. The van der Waals surface area contributed by atoms with Crippen molar-refractivity contribution in [1.29, 1.82) is 0 Å². The Morgan fingerprint density at radius 1 is 0.759 bits per heavy atom. The van der Waals surface area contributed by atoms with Crippen molar-refractivity contribution in [3.8, 4) is 0 Å². The summed E-state index contributed by atoms with van der Waals surface area (Å²) < 4.78 is 9.68. The molecule has 0 saturated carbocycles. The van der Waals surface area contributed by atoms with E-state index in [1.807, 2.05) is 0 Å². The van der Waals surface area contributed by atoms with Gasteiger partial charge in [-0.15, -0.1) is 0 Å². The number of carboxylic acid groups (broad SMARTS) is 2. The van der Waals surface area contributed by atoms with E-state index >= 15 is 0 Å². The Morgan fingerprint density at radius 2 is 1.24 bits per heavy atom. The van der Waals surface area contributed by atoms with E-state index in [1.165, 1.54) is 44.9 Å². The standard InChI is InChI=1S/C21H36O8/c1-3-4-5-6-7-8-9-10-11-12-13-14-28-19(25)16-21(20(26)27,15-18(23)24)29-17(2)22/h3-16H2,1-2H3,(H,23,24)(H,26,27). The Kier molecular flexibility index (Phi) is 14.6. The van der Waals surface area contributed by atoms with Crippen LogP contribution in [0.15, 0.2) is 0 Å². The van der Waals surface area contributed by atoms with Crippen molar-refractivity contribution < 1.29 is 38.9 Å². The minimum atomic E-state index is -2.45. The summed E-state index contributed by atoms with van der Waals surface area (Å²) in [6.07, 6.45) is 10.8. The first-order valence-corrected chi connectivity index (χ1v) is 10.5. The third-order valence-corrected chi connectivity index (χ3v) is 4.61. The summed E-state index contributed by atoms with van der Waals surface area (Å²) in [6, 6.07) is 0. The highest BCUT2D eigenvalue weighted by atomic mass is 16.6. The molecular formula is C21H36O8. The summed E-state index contributed by atoms with van der Waals surface area (Å²) in [4.78, 5) is 45.5. The van der Waals surface area contributed by atoms with E-state index in [9.17, 15) is 24.3 Å². The Balaban J connectivity index is 4.06. The number of carboxylic acids is 2. The molecule has 0 radical (unpaired) electrons. The van der Waals surface area contributed by atoms with Crippen LogP contribution in [0.25, 0.3) is 0 Å². The molecule has 168 valence electrons. The van der Waals surface area contributed by atoms with Gasteiger partial charge in [0.15, 0.2) is 0 Å². The van der Waals surface area contributed by atoms with Gasteiger partial charge in [0.1, 0.15) is 0 Å². The van der Waals surface area contributed by atoms with Crippen LogP contribution >= 0.6 is 0 Å². The van der Waals surface area contributed by atoms with Gasteiger partial charge in [-0.05, 0) is 6.42 Å². The number of hydrogen-bond donors (Lipinski definition) is 2. The van der Waals surface area contributed by atoms with E-state index in [0.717, 1.165) is 26.2 Å². The van der Waals surface area contributed by atoms with E-state index in [2.05, 4.69) is 11.7 Å². The molecule has 8 nitrogen and oxygen atoms in total. The van der Waals surface area contributed by atoms with Crippen LogP contribution in [0.1, 0.15) is 97.3 Å². The molecule has 0 bridgehead atoms. The highest BCUT2D eigenvalue weighted by Gasteiger charge is 2.47. The molecule has 0 fully saturated rings. The van der Waals surface area contributed by atoms with Gasteiger partial charge < -0.3 is 19.7 Å². The van der Waals surface area contributed by atoms with Crippen molar-refractivity contribution in [2.24, 2.45) is 0 Å². The molecule has 2 N–H and O–H groups in total. The fourth-order valence-corrected chi connectivity index (χ4v) is 3.09. The SMILES string of the molecule is CCCCCCCCCCCCCOC(=O)CC(CC(=O)O)(OC(C)=O)C(=O)O. The number of ether oxygens (including phenoxy) is 2. The van der Waals surface area contributed by atoms with Crippen LogP contribution < -0.4 is 0 Å². The fourth-order valence-electron chi connectivity index (χ4n) is 3.09. The second kappa shape index (κ2) is 15.8. The smallest absolute Gasteiger partial charge is 0.349 e. The van der Waals surface area contributed by atoms with Gasteiger partial charge in [-0.2, -0.15) is 0 Å². The van der Waals surface area contributed by atoms with Crippen LogP contribution in [0.3, 0.4) is 0 Å². The number of aliphatic carboxylic acids is 2. The average Bonchev–Trinajstić information content (AvgIpc) is 2.61. The number of hydrogen-bond acceptors (Lipinski definition) is 6. The third kappa shape index (κ3) is 13.7. The fraction of sp³-hybridized carbons (Fsp3) is 0.810. The molecule has 0 aromatic carbocycles. The van der Waals surface area contributed by atoms with Gasteiger partial charge in [-0.25, -0.2) is 4.79 Å². The largest absolute Gasteiger partial charge is 0.481 e. The summed E-state index contributed by atoms with van der Waals surface area (Å²) in [6.45, 7) is 3.28. The highest BCUT2D eigenvalue weighted by molar-refractivity contribution is 5.90. The number of unbranched alkanes of at least 4 members (excludes halogenated alkanes) is 10. The monoisotopic (exact) mass is 416 g/mol. The van der Waals surface area contributed by atoms with Gasteiger partial charge in [0.05, 0.1) is 19.4 Å². The number of rotatable bonds is 18. The van der Waals surface area contributed by atoms with Gasteiger partial charge in [0.25, 0.3) is 0 Å². The lowest BCUT2D eigenvalue weighted by Gasteiger charge is -2.26. The average molecular weight is 417 g/mol. The molecule has 0 saturated heterocycles. The first-order chi connectivity index (χ1) is 13.7. The molecule has 0 spiro atoms. The Morgan fingerprint density at radius 3 is 1.66 bits per heavy atom. The lowest BCUT2D eigenvalue weighted by molar-refractivity contribution is -0.185. The summed E-state index contributed by atoms with van der Waals surface area (Å²) >= 11 is 0. The molecule has 1 unspecified atom stereocenters. The van der Waals surface area contributed by atoms with Gasteiger partial charge in [0.2, 0.25) is 5.60 Å². The van der Waals surface area contributed by atoms with Crippen LogP contribution in [-0.4, -0.2) is 46.3 Å². The Bertz CT molecular complexity index is 499. The first kappa shape index (κ1) is 26.9. The number of carbonyl (C=O) groups excluding carboxylic acids is 2. The highest BCUT2D eigenvalue weighted by Crippen LogP contribution is 2.23. The first-order valence-electron chi connectivity index (χ1n) is 10.5. The molecule has 0 aromatic heterocycles. The zero-order chi connectivity index (χ0) is 22.1. The summed E-state index contributed by atoms with van der Waals surface area (Å²) in [5.41, 5.74) is -2.45. The Labute approximate surface area is 172 Å². The second-order valence-corrected chi connectivity index (χ2v) is 7.40. The van der Waals surface area contributed by atoms with Gasteiger partial charge >= 0.3 is 23.9 Å². The Hall–Kier alpha value is -2.12. The number of esters is 2. The third-order valence-electron chi connectivity index (χ3n) is 4.61. The van der Waals surface area contributed by atoms with E-state index in [4.69, 9.17) is 9.84 Å². The molecule has 8 heteroatoms. The minimum absolute atomic E-state index is 0.124. The molecule has 29 heavy (non-hydrogen) atoms. The molecule has 0 aliphatic heterocycles. The molecule has 0 aliphatic carbocycles. The van der Waals surface area contributed by atoms with E-state index in [-0.39, 0.29) is 6.61 Å². The van der Waals surface area contributed by atoms with Crippen molar-refractivity contribution in [3.63, 3.8) is 0 Å². The summed E-state index contributed by atoms with van der Waals surface area (Å²) in [7, 11) is 0. The summed E-state index contributed by atoms with van der Waals surface area (Å²) in [5, 5.41) is 18.2. The van der Waals surface area contributed by atoms with Gasteiger partial charge in [-0.3, -0.25) is 14.4 Å². The van der Waals surface area contributed by atoms with Gasteiger partial charge in [-0.1, -0.05) is 71.1 Å². The molecule has 0 rings (SSSR count). The predicted octanol–water partition coefficient (Wildman–Crippen LogP) is 4.09. The molecule has 0 aromatic rings. The van der Waals surface area contributed by atoms with Gasteiger partial charge in [0, 0.05) is 6.92 Å².